The van der Waals surface area contributed by atoms with E-state index >= 15 is 0 Å². The highest BCUT2D eigenvalue weighted by molar-refractivity contribution is 6.35. The van der Waals surface area contributed by atoms with E-state index in [2.05, 4.69) is 5.32 Å². The van der Waals surface area contributed by atoms with Crippen molar-refractivity contribution in [2.24, 2.45) is 0 Å². The Kier molecular flexibility index (Phi) is 5.24. The van der Waals surface area contributed by atoms with Gasteiger partial charge in [0, 0.05) is 19.3 Å². The van der Waals surface area contributed by atoms with Crippen LogP contribution in [0.25, 0.3) is 0 Å². The summed E-state index contributed by atoms with van der Waals surface area (Å²) in [4.78, 5) is 0. The topological polar surface area (TPSA) is 21.3 Å². The minimum Gasteiger partial charge on any atom is -0.381 e. The molecule has 0 aliphatic carbocycles. The van der Waals surface area contributed by atoms with Crippen molar-refractivity contribution < 1.29 is 9.13 Å². The lowest BCUT2D eigenvalue weighted by atomic mass is 10.1. The third kappa shape index (κ3) is 3.85. The predicted molar refractivity (Wildman–Crippen MR) is 80.9 cm³/mol. The van der Waals surface area contributed by atoms with Crippen molar-refractivity contribution in [3.63, 3.8) is 0 Å². The summed E-state index contributed by atoms with van der Waals surface area (Å²) in [7, 11) is 1.66. The first-order valence-corrected chi connectivity index (χ1v) is 6.81. The number of benzene rings is 2. The third-order valence-corrected chi connectivity index (χ3v) is 3.33. The fraction of sp³-hybridized carbons (Fsp3) is 0.200. The van der Waals surface area contributed by atoms with Crippen LogP contribution in [-0.2, 0) is 17.9 Å². The molecule has 2 rings (SSSR count). The number of anilines is 1. The van der Waals surface area contributed by atoms with Crippen LogP contribution in [0.1, 0.15) is 11.1 Å². The molecule has 0 saturated heterocycles. The van der Waals surface area contributed by atoms with Crippen molar-refractivity contribution in [1.82, 2.24) is 0 Å². The summed E-state index contributed by atoms with van der Waals surface area (Å²) in [5.74, 6) is -0.596. The van der Waals surface area contributed by atoms with E-state index in [0.717, 1.165) is 11.1 Å². The molecule has 0 heterocycles. The fourth-order valence-electron chi connectivity index (χ4n) is 1.86. The lowest BCUT2D eigenvalue weighted by Crippen LogP contribution is -2.01. The number of nitrogens with one attached hydrogen (secondary N) is 1. The second-order valence-electron chi connectivity index (χ2n) is 4.36. The molecule has 0 saturated carbocycles. The second-order valence-corrected chi connectivity index (χ2v) is 5.17. The molecule has 0 aromatic heterocycles. The maximum absolute atomic E-state index is 13.3. The molecule has 0 unspecified atom stereocenters. The van der Waals surface area contributed by atoms with E-state index < -0.39 is 5.82 Å². The van der Waals surface area contributed by atoms with Gasteiger partial charge in [0.05, 0.1) is 16.7 Å². The molecule has 0 radical (unpaired) electrons. The lowest BCUT2D eigenvalue weighted by molar-refractivity contribution is 0.185. The molecule has 2 aromatic carbocycles. The molecule has 0 fully saturated rings. The maximum atomic E-state index is 13.3. The largest absolute Gasteiger partial charge is 0.381 e. The summed E-state index contributed by atoms with van der Waals surface area (Å²) >= 11 is 11.5. The Morgan fingerprint density at radius 1 is 1.10 bits per heavy atom. The van der Waals surface area contributed by atoms with Gasteiger partial charge in [-0.1, -0.05) is 47.5 Å². The molecular weight excluding hydrogens is 300 g/mol. The van der Waals surface area contributed by atoms with Gasteiger partial charge in [0.1, 0.15) is 0 Å². The standard InChI is InChI=1S/C15H14Cl2FNO/c1-20-9-11-4-2-3-10(5-11)8-19-12-6-13(16)15(18)14(17)7-12/h2-7,19H,8-9H2,1H3. The Morgan fingerprint density at radius 2 is 1.75 bits per heavy atom. The Labute approximate surface area is 127 Å². The zero-order valence-corrected chi connectivity index (χ0v) is 12.4. The summed E-state index contributed by atoms with van der Waals surface area (Å²) in [6.07, 6.45) is 0. The summed E-state index contributed by atoms with van der Waals surface area (Å²) in [6, 6.07) is 11.0. The Bertz CT molecular complexity index is 581. The van der Waals surface area contributed by atoms with Gasteiger partial charge in [0.15, 0.2) is 5.82 Å². The van der Waals surface area contributed by atoms with Gasteiger partial charge in [-0.3, -0.25) is 0 Å². The molecule has 2 aromatic rings. The molecule has 0 atom stereocenters. The van der Waals surface area contributed by atoms with Crippen molar-refractivity contribution in [3.05, 3.63) is 63.4 Å². The summed E-state index contributed by atoms with van der Waals surface area (Å²) < 4.78 is 18.4. The summed E-state index contributed by atoms with van der Waals surface area (Å²) in [5.41, 5.74) is 2.87. The number of halogens is 3. The van der Waals surface area contributed by atoms with Gasteiger partial charge in [-0.15, -0.1) is 0 Å². The van der Waals surface area contributed by atoms with Gasteiger partial charge in [-0.2, -0.15) is 0 Å². The highest BCUT2D eigenvalue weighted by Gasteiger charge is 2.07. The highest BCUT2D eigenvalue weighted by atomic mass is 35.5. The predicted octanol–water partition coefficient (Wildman–Crippen LogP) is 4.89. The van der Waals surface area contributed by atoms with Gasteiger partial charge >= 0.3 is 0 Å². The van der Waals surface area contributed by atoms with Crippen LogP contribution in [0.4, 0.5) is 10.1 Å². The van der Waals surface area contributed by atoms with E-state index in [4.69, 9.17) is 27.9 Å². The number of rotatable bonds is 5. The van der Waals surface area contributed by atoms with Gasteiger partial charge in [-0.05, 0) is 23.3 Å². The van der Waals surface area contributed by atoms with E-state index in [-0.39, 0.29) is 10.0 Å². The molecule has 20 heavy (non-hydrogen) atoms. The zero-order valence-electron chi connectivity index (χ0n) is 10.9. The lowest BCUT2D eigenvalue weighted by Gasteiger charge is -2.09. The SMILES string of the molecule is COCc1cccc(CNc2cc(Cl)c(F)c(Cl)c2)c1. The van der Waals surface area contributed by atoms with E-state index in [9.17, 15) is 4.39 Å². The smallest absolute Gasteiger partial charge is 0.160 e. The minimum absolute atomic E-state index is 0.00753. The van der Waals surface area contributed by atoms with E-state index in [1.807, 2.05) is 24.3 Å². The van der Waals surface area contributed by atoms with Crippen LogP contribution in [0.5, 0.6) is 0 Å². The van der Waals surface area contributed by atoms with Crippen LogP contribution in [0.3, 0.4) is 0 Å². The van der Waals surface area contributed by atoms with Gasteiger partial charge in [0.2, 0.25) is 0 Å². The quantitative estimate of drug-likeness (QED) is 0.793. The number of hydrogen-bond donors (Lipinski definition) is 1. The molecule has 0 aliphatic rings. The third-order valence-electron chi connectivity index (χ3n) is 2.78. The first-order chi connectivity index (χ1) is 9.60. The van der Waals surface area contributed by atoms with Gasteiger partial charge < -0.3 is 10.1 Å². The average molecular weight is 314 g/mol. The molecule has 2 nitrogen and oxygen atoms in total. The fourth-order valence-corrected chi connectivity index (χ4v) is 2.34. The van der Waals surface area contributed by atoms with Crippen molar-refractivity contribution in [3.8, 4) is 0 Å². The normalized spacial score (nSPS) is 10.6. The van der Waals surface area contributed by atoms with Crippen molar-refractivity contribution >= 4 is 28.9 Å². The Morgan fingerprint density at radius 3 is 2.40 bits per heavy atom. The summed E-state index contributed by atoms with van der Waals surface area (Å²) in [5, 5.41) is 3.18. The number of ether oxygens (including phenoxy) is 1. The van der Waals surface area contributed by atoms with Crippen LogP contribution in [0, 0.1) is 5.82 Å². The summed E-state index contributed by atoms with van der Waals surface area (Å²) in [6.45, 7) is 1.16. The average Bonchev–Trinajstić information content (AvgIpc) is 2.43. The zero-order chi connectivity index (χ0) is 14.5. The van der Waals surface area contributed by atoms with Crippen molar-refractivity contribution in [2.45, 2.75) is 13.2 Å². The van der Waals surface area contributed by atoms with Crippen LogP contribution >= 0.6 is 23.2 Å². The molecule has 106 valence electrons. The number of methoxy groups -OCH3 is 1. The van der Waals surface area contributed by atoms with Crippen molar-refractivity contribution in [1.29, 1.82) is 0 Å². The van der Waals surface area contributed by atoms with E-state index in [1.54, 1.807) is 7.11 Å². The van der Waals surface area contributed by atoms with E-state index in [0.29, 0.717) is 18.8 Å². The van der Waals surface area contributed by atoms with Gasteiger partial charge in [0.25, 0.3) is 0 Å². The van der Waals surface area contributed by atoms with Crippen LogP contribution in [0.2, 0.25) is 10.0 Å². The van der Waals surface area contributed by atoms with Crippen LogP contribution in [-0.4, -0.2) is 7.11 Å². The first-order valence-electron chi connectivity index (χ1n) is 6.05. The molecule has 0 spiro atoms. The highest BCUT2D eigenvalue weighted by Crippen LogP contribution is 2.27. The van der Waals surface area contributed by atoms with E-state index in [1.165, 1.54) is 12.1 Å². The molecule has 0 amide bonds. The van der Waals surface area contributed by atoms with Crippen molar-refractivity contribution in [2.75, 3.05) is 12.4 Å². The molecular formula is C15H14Cl2FNO. The molecule has 5 heteroatoms. The van der Waals surface area contributed by atoms with Crippen LogP contribution < -0.4 is 5.32 Å². The first kappa shape index (κ1) is 15.1. The second kappa shape index (κ2) is 6.93. The van der Waals surface area contributed by atoms with Gasteiger partial charge in [-0.25, -0.2) is 4.39 Å². The maximum Gasteiger partial charge on any atom is 0.160 e. The Balaban J connectivity index is 2.07. The molecule has 0 bridgehead atoms. The minimum atomic E-state index is -0.596. The monoisotopic (exact) mass is 313 g/mol. The molecule has 1 N–H and O–H groups in total. The Hall–Kier alpha value is -1.29. The molecule has 0 aliphatic heterocycles. The van der Waals surface area contributed by atoms with Crippen LogP contribution in [0.15, 0.2) is 36.4 Å². The number of hydrogen-bond acceptors (Lipinski definition) is 2.